The smallest absolute Gasteiger partial charge is 0.251 e. The van der Waals surface area contributed by atoms with E-state index in [1.165, 1.54) is 0 Å². The second-order valence-electron chi connectivity index (χ2n) is 6.49. The van der Waals surface area contributed by atoms with Gasteiger partial charge >= 0.3 is 0 Å². The summed E-state index contributed by atoms with van der Waals surface area (Å²) >= 11 is 1.66. The van der Waals surface area contributed by atoms with Crippen LogP contribution < -0.4 is 15.0 Å². The molecular weight excluding hydrogens is 358 g/mol. The molecule has 5 nitrogen and oxygen atoms in total. The highest BCUT2D eigenvalue weighted by molar-refractivity contribution is 7.13. The van der Waals surface area contributed by atoms with E-state index in [1.807, 2.05) is 54.0 Å². The van der Waals surface area contributed by atoms with Crippen LogP contribution in [0.1, 0.15) is 23.2 Å². The number of nitrogens with one attached hydrogen (secondary N) is 1. The van der Waals surface area contributed by atoms with E-state index in [0.29, 0.717) is 5.56 Å². The first-order valence-electron chi connectivity index (χ1n) is 9.06. The summed E-state index contributed by atoms with van der Waals surface area (Å²) in [6.45, 7) is 1.84. The Kier molecular flexibility index (Phi) is 5.34. The third kappa shape index (κ3) is 4.46. The second kappa shape index (κ2) is 8.22. The van der Waals surface area contributed by atoms with Gasteiger partial charge in [-0.1, -0.05) is 18.2 Å². The van der Waals surface area contributed by atoms with E-state index < -0.39 is 0 Å². The Hall–Kier alpha value is -2.86. The average molecular weight is 379 g/mol. The minimum atomic E-state index is -0.0334. The molecule has 1 aliphatic rings. The maximum atomic E-state index is 12.5. The molecule has 0 radical (unpaired) electrons. The fourth-order valence-electron chi connectivity index (χ4n) is 3.15. The lowest BCUT2D eigenvalue weighted by Gasteiger charge is -2.32. The van der Waals surface area contributed by atoms with E-state index in [4.69, 9.17) is 4.74 Å². The number of anilines is 1. The van der Waals surface area contributed by atoms with Gasteiger partial charge in [0, 0.05) is 36.3 Å². The van der Waals surface area contributed by atoms with Crippen molar-refractivity contribution in [3.8, 4) is 11.5 Å². The van der Waals surface area contributed by atoms with E-state index in [9.17, 15) is 4.79 Å². The number of rotatable bonds is 5. The molecule has 0 aliphatic carbocycles. The number of para-hydroxylation sites is 1. The number of hydrogen-bond acceptors (Lipinski definition) is 5. The van der Waals surface area contributed by atoms with Gasteiger partial charge in [0.15, 0.2) is 5.13 Å². The highest BCUT2D eigenvalue weighted by Gasteiger charge is 2.22. The van der Waals surface area contributed by atoms with Gasteiger partial charge in [0.05, 0.1) is 0 Å². The third-order valence-corrected chi connectivity index (χ3v) is 5.45. The molecule has 1 amide bonds. The summed E-state index contributed by atoms with van der Waals surface area (Å²) in [7, 11) is 0. The van der Waals surface area contributed by atoms with Gasteiger partial charge in [0.2, 0.25) is 0 Å². The molecule has 0 bridgehead atoms. The molecule has 0 spiro atoms. The zero-order valence-corrected chi connectivity index (χ0v) is 15.7. The number of benzene rings is 2. The molecule has 2 heterocycles. The topological polar surface area (TPSA) is 54.5 Å². The number of carbonyl (C=O) groups excluding carboxylic acids is 1. The zero-order chi connectivity index (χ0) is 18.5. The van der Waals surface area contributed by atoms with Crippen molar-refractivity contribution < 1.29 is 9.53 Å². The van der Waals surface area contributed by atoms with Crippen LogP contribution in [0.15, 0.2) is 66.2 Å². The number of thiazole rings is 1. The predicted octanol–water partition coefficient (Wildman–Crippen LogP) is 4.33. The molecule has 6 heteroatoms. The Morgan fingerprint density at radius 2 is 1.74 bits per heavy atom. The second-order valence-corrected chi connectivity index (χ2v) is 7.36. The van der Waals surface area contributed by atoms with Gasteiger partial charge in [-0.05, 0) is 49.2 Å². The lowest BCUT2D eigenvalue weighted by Crippen LogP contribution is -2.44. The maximum absolute atomic E-state index is 12.5. The van der Waals surface area contributed by atoms with Crippen LogP contribution in [0.4, 0.5) is 5.13 Å². The van der Waals surface area contributed by atoms with E-state index in [2.05, 4.69) is 15.2 Å². The van der Waals surface area contributed by atoms with E-state index in [1.54, 1.807) is 23.5 Å². The summed E-state index contributed by atoms with van der Waals surface area (Å²) in [5.41, 5.74) is 0.651. The lowest BCUT2D eigenvalue weighted by molar-refractivity contribution is 0.0931. The molecule has 0 atom stereocenters. The summed E-state index contributed by atoms with van der Waals surface area (Å²) in [5, 5.41) is 6.20. The molecule has 0 saturated carbocycles. The van der Waals surface area contributed by atoms with Crippen molar-refractivity contribution >= 4 is 22.4 Å². The minimum Gasteiger partial charge on any atom is -0.457 e. The average Bonchev–Trinajstić information content (AvgIpc) is 3.25. The fraction of sp³-hybridized carbons (Fsp3) is 0.238. The number of piperidine rings is 1. The summed E-state index contributed by atoms with van der Waals surface area (Å²) in [6.07, 6.45) is 3.69. The van der Waals surface area contributed by atoms with Gasteiger partial charge < -0.3 is 15.0 Å². The minimum absolute atomic E-state index is 0.0334. The van der Waals surface area contributed by atoms with E-state index in [-0.39, 0.29) is 11.9 Å². The number of nitrogens with zero attached hydrogens (tertiary/aromatic N) is 2. The monoisotopic (exact) mass is 379 g/mol. The van der Waals surface area contributed by atoms with Crippen LogP contribution in [0.2, 0.25) is 0 Å². The van der Waals surface area contributed by atoms with E-state index in [0.717, 1.165) is 42.6 Å². The molecule has 1 aliphatic heterocycles. The van der Waals surface area contributed by atoms with Crippen molar-refractivity contribution in [3.63, 3.8) is 0 Å². The molecule has 27 heavy (non-hydrogen) atoms. The summed E-state index contributed by atoms with van der Waals surface area (Å²) < 4.78 is 5.77. The molecule has 1 aromatic heterocycles. The van der Waals surface area contributed by atoms with Crippen LogP contribution in [-0.2, 0) is 0 Å². The van der Waals surface area contributed by atoms with Gasteiger partial charge in [-0.15, -0.1) is 11.3 Å². The number of hydrogen-bond donors (Lipinski definition) is 1. The highest BCUT2D eigenvalue weighted by atomic mass is 32.1. The SMILES string of the molecule is O=C(NC1CCN(c2nccs2)CC1)c1ccc(Oc2ccccc2)cc1. The first-order valence-corrected chi connectivity index (χ1v) is 9.94. The normalized spacial score (nSPS) is 14.7. The Labute approximate surface area is 162 Å². The van der Waals surface area contributed by atoms with Crippen molar-refractivity contribution in [2.45, 2.75) is 18.9 Å². The number of aromatic nitrogens is 1. The summed E-state index contributed by atoms with van der Waals surface area (Å²) in [6, 6.07) is 17.1. The molecule has 1 N–H and O–H groups in total. The number of ether oxygens (including phenoxy) is 1. The standard InChI is InChI=1S/C21H21N3O2S/c25-20(23-17-10-13-24(14-11-17)21-22-12-15-27-21)16-6-8-19(9-7-16)26-18-4-2-1-3-5-18/h1-9,12,15,17H,10-11,13-14H2,(H,23,25). The van der Waals surface area contributed by atoms with Crippen molar-refractivity contribution in [2.75, 3.05) is 18.0 Å². The van der Waals surface area contributed by atoms with Gasteiger partial charge in [-0.2, -0.15) is 0 Å². The third-order valence-electron chi connectivity index (χ3n) is 4.62. The van der Waals surface area contributed by atoms with Crippen LogP contribution in [0, 0.1) is 0 Å². The van der Waals surface area contributed by atoms with Gasteiger partial charge in [-0.3, -0.25) is 4.79 Å². The first-order chi connectivity index (χ1) is 13.3. The Morgan fingerprint density at radius 3 is 2.41 bits per heavy atom. The molecular formula is C21H21N3O2S. The fourth-order valence-corrected chi connectivity index (χ4v) is 3.85. The number of amides is 1. The summed E-state index contributed by atoms with van der Waals surface area (Å²) in [5.74, 6) is 1.46. The zero-order valence-electron chi connectivity index (χ0n) is 14.9. The van der Waals surface area contributed by atoms with Crippen LogP contribution in [0.5, 0.6) is 11.5 Å². The molecule has 138 valence electrons. The molecule has 3 aromatic rings. The molecule has 0 unspecified atom stereocenters. The van der Waals surface area contributed by atoms with Crippen LogP contribution >= 0.6 is 11.3 Å². The molecule has 1 saturated heterocycles. The first kappa shape index (κ1) is 17.5. The van der Waals surface area contributed by atoms with Crippen LogP contribution in [-0.4, -0.2) is 30.0 Å². The van der Waals surface area contributed by atoms with Crippen molar-refractivity contribution in [1.29, 1.82) is 0 Å². The van der Waals surface area contributed by atoms with Crippen molar-refractivity contribution in [2.24, 2.45) is 0 Å². The van der Waals surface area contributed by atoms with Gasteiger partial charge in [0.1, 0.15) is 11.5 Å². The van der Waals surface area contributed by atoms with E-state index >= 15 is 0 Å². The Balaban J connectivity index is 1.30. The molecule has 2 aromatic carbocycles. The van der Waals surface area contributed by atoms with Crippen LogP contribution in [0.3, 0.4) is 0 Å². The number of carbonyl (C=O) groups is 1. The molecule has 4 rings (SSSR count). The molecule has 1 fully saturated rings. The van der Waals surface area contributed by atoms with Crippen molar-refractivity contribution in [3.05, 3.63) is 71.7 Å². The van der Waals surface area contributed by atoms with Crippen LogP contribution in [0.25, 0.3) is 0 Å². The predicted molar refractivity (Wildman–Crippen MR) is 108 cm³/mol. The summed E-state index contributed by atoms with van der Waals surface area (Å²) in [4.78, 5) is 19.2. The van der Waals surface area contributed by atoms with Gasteiger partial charge in [0.25, 0.3) is 5.91 Å². The Morgan fingerprint density at radius 1 is 1.04 bits per heavy atom. The Bertz CT molecular complexity index is 858. The largest absolute Gasteiger partial charge is 0.457 e. The van der Waals surface area contributed by atoms with Crippen molar-refractivity contribution in [1.82, 2.24) is 10.3 Å². The lowest BCUT2D eigenvalue weighted by atomic mass is 10.0. The highest BCUT2D eigenvalue weighted by Crippen LogP contribution is 2.23. The quantitative estimate of drug-likeness (QED) is 0.717. The van der Waals surface area contributed by atoms with Gasteiger partial charge in [-0.25, -0.2) is 4.98 Å². The maximum Gasteiger partial charge on any atom is 0.251 e.